The summed E-state index contributed by atoms with van der Waals surface area (Å²) in [4.78, 5) is 1.40. The first-order chi connectivity index (χ1) is 7.76. The number of likely N-dealkylation sites (N-methyl/N-ethyl adjacent to an activating group) is 1. The van der Waals surface area contributed by atoms with Crippen molar-refractivity contribution in [2.75, 3.05) is 19.8 Å². The molecule has 0 radical (unpaired) electrons. The molecule has 0 amide bonds. The van der Waals surface area contributed by atoms with E-state index in [2.05, 4.69) is 47.2 Å². The first kappa shape index (κ1) is 14.2. The molecule has 1 N–H and O–H groups in total. The van der Waals surface area contributed by atoms with Crippen LogP contribution in [0.3, 0.4) is 0 Å². The lowest BCUT2D eigenvalue weighted by molar-refractivity contribution is 0.112. The van der Waals surface area contributed by atoms with E-state index in [1.807, 2.05) is 0 Å². The Kier molecular flexibility index (Phi) is 7.28. The molecular weight excluding hydrogens is 286 g/mol. The maximum absolute atomic E-state index is 5.61. The van der Waals surface area contributed by atoms with Gasteiger partial charge in [-0.3, -0.25) is 0 Å². The van der Waals surface area contributed by atoms with Gasteiger partial charge in [-0.15, -0.1) is 11.3 Å². The lowest BCUT2D eigenvalue weighted by Gasteiger charge is -2.17. The summed E-state index contributed by atoms with van der Waals surface area (Å²) in [6.45, 7) is 6.93. The molecule has 16 heavy (non-hydrogen) atoms. The monoisotopic (exact) mass is 305 g/mol. The molecule has 0 bridgehead atoms. The minimum atomic E-state index is 0.432. The van der Waals surface area contributed by atoms with Crippen LogP contribution in [0, 0.1) is 0 Å². The average molecular weight is 306 g/mol. The first-order valence-corrected chi connectivity index (χ1v) is 7.42. The molecule has 2 nitrogen and oxygen atoms in total. The van der Waals surface area contributed by atoms with Crippen molar-refractivity contribution in [3.8, 4) is 0 Å². The minimum absolute atomic E-state index is 0.432. The van der Waals surface area contributed by atoms with Gasteiger partial charge in [-0.2, -0.15) is 0 Å². The number of rotatable bonds is 8. The van der Waals surface area contributed by atoms with E-state index >= 15 is 0 Å². The fourth-order valence-electron chi connectivity index (χ4n) is 1.55. The SMILES string of the molecule is CCCOCC(Cc1ccc(Br)s1)NCC. The summed E-state index contributed by atoms with van der Waals surface area (Å²) in [6.07, 6.45) is 2.14. The maximum atomic E-state index is 5.61. The van der Waals surface area contributed by atoms with E-state index in [1.54, 1.807) is 11.3 Å². The molecule has 0 saturated carbocycles. The van der Waals surface area contributed by atoms with Gasteiger partial charge in [0.05, 0.1) is 10.4 Å². The van der Waals surface area contributed by atoms with Crippen molar-refractivity contribution >= 4 is 27.3 Å². The molecule has 0 spiro atoms. The van der Waals surface area contributed by atoms with Gasteiger partial charge in [0, 0.05) is 17.5 Å². The second kappa shape index (κ2) is 8.23. The summed E-state index contributed by atoms with van der Waals surface area (Å²) in [5, 5.41) is 3.47. The molecule has 1 unspecified atom stereocenters. The van der Waals surface area contributed by atoms with E-state index in [0.29, 0.717) is 6.04 Å². The van der Waals surface area contributed by atoms with Gasteiger partial charge in [0.1, 0.15) is 0 Å². The Balaban J connectivity index is 2.37. The minimum Gasteiger partial charge on any atom is -0.380 e. The van der Waals surface area contributed by atoms with Gasteiger partial charge in [-0.05, 0) is 47.4 Å². The largest absolute Gasteiger partial charge is 0.380 e. The van der Waals surface area contributed by atoms with Crippen LogP contribution in [0.5, 0.6) is 0 Å². The van der Waals surface area contributed by atoms with Crippen LogP contribution in [0.2, 0.25) is 0 Å². The van der Waals surface area contributed by atoms with Gasteiger partial charge >= 0.3 is 0 Å². The molecule has 1 atom stereocenters. The van der Waals surface area contributed by atoms with Crippen molar-refractivity contribution in [3.05, 3.63) is 20.8 Å². The molecular formula is C12H20BrNOS. The highest BCUT2D eigenvalue weighted by Gasteiger charge is 2.09. The van der Waals surface area contributed by atoms with Crippen molar-refractivity contribution in [3.63, 3.8) is 0 Å². The molecule has 0 aliphatic heterocycles. The standard InChI is InChI=1S/C12H20BrNOS/c1-3-7-15-9-10(14-4-2)8-11-5-6-12(13)16-11/h5-6,10,14H,3-4,7-9H2,1-2H3. The van der Waals surface area contributed by atoms with E-state index in [0.717, 1.165) is 32.6 Å². The van der Waals surface area contributed by atoms with Gasteiger partial charge in [-0.25, -0.2) is 0 Å². The number of halogens is 1. The summed E-state index contributed by atoms with van der Waals surface area (Å²) in [7, 11) is 0. The van der Waals surface area contributed by atoms with Crippen molar-refractivity contribution in [2.45, 2.75) is 32.7 Å². The molecule has 4 heteroatoms. The lowest BCUT2D eigenvalue weighted by atomic mass is 10.2. The summed E-state index contributed by atoms with van der Waals surface area (Å²) >= 11 is 5.29. The van der Waals surface area contributed by atoms with Crippen LogP contribution in [0.25, 0.3) is 0 Å². The molecule has 0 aliphatic rings. The number of hydrogen-bond donors (Lipinski definition) is 1. The van der Waals surface area contributed by atoms with E-state index in [9.17, 15) is 0 Å². The van der Waals surface area contributed by atoms with Crippen LogP contribution in [0.1, 0.15) is 25.1 Å². The van der Waals surface area contributed by atoms with Crippen LogP contribution in [0.4, 0.5) is 0 Å². The van der Waals surface area contributed by atoms with Crippen molar-refractivity contribution in [2.24, 2.45) is 0 Å². The van der Waals surface area contributed by atoms with Crippen LogP contribution >= 0.6 is 27.3 Å². The zero-order valence-electron chi connectivity index (χ0n) is 9.96. The Morgan fingerprint density at radius 1 is 1.44 bits per heavy atom. The third-order valence-electron chi connectivity index (χ3n) is 2.24. The Hall–Kier alpha value is 0.1000. The van der Waals surface area contributed by atoms with Crippen LogP contribution < -0.4 is 5.32 Å². The van der Waals surface area contributed by atoms with Gasteiger partial charge in [0.2, 0.25) is 0 Å². The predicted molar refractivity (Wildman–Crippen MR) is 74.3 cm³/mol. The molecule has 92 valence electrons. The third-order valence-corrected chi connectivity index (χ3v) is 3.88. The zero-order chi connectivity index (χ0) is 11.8. The molecule has 0 aromatic carbocycles. The normalized spacial score (nSPS) is 12.9. The number of hydrogen-bond acceptors (Lipinski definition) is 3. The highest BCUT2D eigenvalue weighted by molar-refractivity contribution is 9.11. The summed E-state index contributed by atoms with van der Waals surface area (Å²) in [5.41, 5.74) is 0. The summed E-state index contributed by atoms with van der Waals surface area (Å²) < 4.78 is 6.81. The summed E-state index contributed by atoms with van der Waals surface area (Å²) in [5.74, 6) is 0. The average Bonchev–Trinajstić information content (AvgIpc) is 2.65. The zero-order valence-corrected chi connectivity index (χ0v) is 12.4. The fourth-order valence-corrected chi connectivity index (χ4v) is 3.12. The van der Waals surface area contributed by atoms with Crippen LogP contribution in [-0.2, 0) is 11.2 Å². The van der Waals surface area contributed by atoms with E-state index < -0.39 is 0 Å². The van der Waals surface area contributed by atoms with Gasteiger partial charge in [-0.1, -0.05) is 13.8 Å². The Morgan fingerprint density at radius 2 is 2.25 bits per heavy atom. The second-order valence-corrected chi connectivity index (χ2v) is 6.29. The highest BCUT2D eigenvalue weighted by Crippen LogP contribution is 2.23. The molecule has 1 aromatic rings. The molecule has 1 aromatic heterocycles. The number of ether oxygens (including phenoxy) is 1. The molecule has 0 aliphatic carbocycles. The molecule has 0 fully saturated rings. The Labute approximate surface area is 111 Å². The number of thiophene rings is 1. The van der Waals surface area contributed by atoms with Gasteiger partial charge in [0.15, 0.2) is 0 Å². The third kappa shape index (κ3) is 5.43. The van der Waals surface area contributed by atoms with E-state index in [-0.39, 0.29) is 0 Å². The quantitative estimate of drug-likeness (QED) is 0.743. The molecule has 1 rings (SSSR count). The molecule has 0 saturated heterocycles. The van der Waals surface area contributed by atoms with E-state index in [1.165, 1.54) is 8.66 Å². The second-order valence-electron chi connectivity index (χ2n) is 3.74. The van der Waals surface area contributed by atoms with Gasteiger partial charge < -0.3 is 10.1 Å². The Morgan fingerprint density at radius 3 is 2.81 bits per heavy atom. The first-order valence-electron chi connectivity index (χ1n) is 5.81. The topological polar surface area (TPSA) is 21.3 Å². The predicted octanol–water partition coefficient (Wildman–Crippen LogP) is 3.46. The van der Waals surface area contributed by atoms with Crippen LogP contribution in [-0.4, -0.2) is 25.8 Å². The van der Waals surface area contributed by atoms with Gasteiger partial charge in [0.25, 0.3) is 0 Å². The number of nitrogens with one attached hydrogen (secondary N) is 1. The van der Waals surface area contributed by atoms with Crippen molar-refractivity contribution < 1.29 is 4.74 Å². The maximum Gasteiger partial charge on any atom is 0.0701 e. The Bertz CT molecular complexity index is 290. The fraction of sp³-hybridized carbons (Fsp3) is 0.667. The van der Waals surface area contributed by atoms with Crippen LogP contribution in [0.15, 0.2) is 15.9 Å². The lowest BCUT2D eigenvalue weighted by Crippen LogP contribution is -2.35. The smallest absolute Gasteiger partial charge is 0.0701 e. The van der Waals surface area contributed by atoms with Crippen molar-refractivity contribution in [1.29, 1.82) is 0 Å². The summed E-state index contributed by atoms with van der Waals surface area (Å²) in [6, 6.07) is 4.72. The molecule has 1 heterocycles. The van der Waals surface area contributed by atoms with E-state index in [4.69, 9.17) is 4.74 Å². The van der Waals surface area contributed by atoms with Crippen molar-refractivity contribution in [1.82, 2.24) is 5.32 Å². The highest BCUT2D eigenvalue weighted by atomic mass is 79.9.